The molecule has 3 aromatic rings. The highest BCUT2D eigenvalue weighted by Crippen LogP contribution is 2.22. The minimum Gasteiger partial charge on any atom is -0.378 e. The largest absolute Gasteiger partial charge is 0.378 e. The van der Waals surface area contributed by atoms with E-state index in [4.69, 9.17) is 4.74 Å². The molecule has 0 atom stereocenters. The quantitative estimate of drug-likeness (QED) is 0.553. The molecule has 31 heavy (non-hydrogen) atoms. The van der Waals surface area contributed by atoms with E-state index in [2.05, 4.69) is 30.5 Å². The topological polar surface area (TPSA) is 92.3 Å². The number of benzene rings is 2. The molecule has 0 saturated carbocycles. The van der Waals surface area contributed by atoms with Gasteiger partial charge in [0, 0.05) is 30.0 Å². The molecule has 2 N–H and O–H groups in total. The summed E-state index contributed by atoms with van der Waals surface area (Å²) >= 11 is 0. The number of ketones is 1. The lowest BCUT2D eigenvalue weighted by atomic mass is 10.1. The molecule has 2 heterocycles. The predicted molar refractivity (Wildman–Crippen MR) is 124 cm³/mol. The van der Waals surface area contributed by atoms with Crippen molar-refractivity contribution >= 4 is 47.4 Å². The summed E-state index contributed by atoms with van der Waals surface area (Å²) in [6.07, 6.45) is 0. The first kappa shape index (κ1) is 22.5. The van der Waals surface area contributed by atoms with E-state index in [1.165, 1.54) is 0 Å². The van der Waals surface area contributed by atoms with E-state index in [0.717, 1.165) is 16.9 Å². The van der Waals surface area contributed by atoms with Gasteiger partial charge in [-0.15, -0.1) is 12.4 Å². The maximum Gasteiger partial charge on any atom is 0.233 e. The van der Waals surface area contributed by atoms with Gasteiger partial charge in [-0.2, -0.15) is 15.0 Å². The van der Waals surface area contributed by atoms with Crippen LogP contribution in [0, 0.1) is 6.92 Å². The van der Waals surface area contributed by atoms with Crippen molar-refractivity contribution in [3.05, 3.63) is 59.7 Å². The standard InChI is InChI=1S/C22H24N6O2.ClH/c1-15-5-3-7-18(13-15)23-20-25-21(24-19-8-4-6-17(14-19)16(2)29)27-22(26-20)28-9-11-30-12-10-28;/h3-8,13-14H,9-12H2,1-2H3,(H2,23,24,25,26,27);1H. The molecule has 1 aliphatic rings. The van der Waals surface area contributed by atoms with Crippen molar-refractivity contribution in [3.8, 4) is 0 Å². The van der Waals surface area contributed by atoms with E-state index in [0.29, 0.717) is 49.7 Å². The molecule has 1 fully saturated rings. The van der Waals surface area contributed by atoms with Crippen molar-refractivity contribution in [2.75, 3.05) is 41.8 Å². The molecule has 162 valence electrons. The third kappa shape index (κ3) is 5.90. The molecule has 2 aromatic carbocycles. The second kappa shape index (κ2) is 10.2. The number of nitrogens with zero attached hydrogens (tertiary/aromatic N) is 4. The summed E-state index contributed by atoms with van der Waals surface area (Å²) < 4.78 is 5.45. The molecule has 0 radical (unpaired) electrons. The van der Waals surface area contributed by atoms with Crippen LogP contribution in [-0.2, 0) is 4.74 Å². The molecule has 0 amide bonds. The molecule has 1 aliphatic heterocycles. The van der Waals surface area contributed by atoms with Gasteiger partial charge >= 0.3 is 0 Å². The summed E-state index contributed by atoms with van der Waals surface area (Å²) in [7, 11) is 0. The summed E-state index contributed by atoms with van der Waals surface area (Å²) in [6.45, 7) is 6.28. The predicted octanol–water partition coefficient (Wildman–Crippen LogP) is 4.13. The minimum atomic E-state index is 0. The monoisotopic (exact) mass is 440 g/mol. The van der Waals surface area contributed by atoms with Gasteiger partial charge < -0.3 is 20.3 Å². The molecule has 0 aliphatic carbocycles. The first-order valence-corrected chi connectivity index (χ1v) is 9.87. The van der Waals surface area contributed by atoms with E-state index < -0.39 is 0 Å². The number of morpholine rings is 1. The van der Waals surface area contributed by atoms with E-state index in [-0.39, 0.29) is 18.2 Å². The summed E-state index contributed by atoms with van der Waals surface area (Å²) in [5.41, 5.74) is 3.41. The summed E-state index contributed by atoms with van der Waals surface area (Å²) in [5, 5.41) is 6.47. The van der Waals surface area contributed by atoms with Crippen molar-refractivity contribution in [1.82, 2.24) is 15.0 Å². The number of carbonyl (C=O) groups excluding carboxylic acids is 1. The van der Waals surface area contributed by atoms with Gasteiger partial charge in [0.1, 0.15) is 0 Å². The van der Waals surface area contributed by atoms with Crippen LogP contribution in [0.15, 0.2) is 48.5 Å². The van der Waals surface area contributed by atoms with Gasteiger partial charge in [0.25, 0.3) is 0 Å². The zero-order valence-electron chi connectivity index (χ0n) is 17.5. The fourth-order valence-electron chi connectivity index (χ4n) is 3.18. The molecular formula is C22H25ClN6O2. The highest BCUT2D eigenvalue weighted by Gasteiger charge is 2.17. The molecule has 9 heteroatoms. The Labute approximate surface area is 187 Å². The average Bonchev–Trinajstić information content (AvgIpc) is 2.74. The van der Waals surface area contributed by atoms with Crippen LogP contribution in [0.4, 0.5) is 29.2 Å². The first-order valence-electron chi connectivity index (χ1n) is 9.87. The van der Waals surface area contributed by atoms with Crippen LogP contribution < -0.4 is 15.5 Å². The lowest BCUT2D eigenvalue weighted by Crippen LogP contribution is -2.37. The molecule has 1 saturated heterocycles. The minimum absolute atomic E-state index is 0. The van der Waals surface area contributed by atoms with Crippen molar-refractivity contribution in [2.45, 2.75) is 13.8 Å². The van der Waals surface area contributed by atoms with Gasteiger partial charge in [-0.25, -0.2) is 0 Å². The van der Waals surface area contributed by atoms with Crippen molar-refractivity contribution in [2.24, 2.45) is 0 Å². The molecule has 4 rings (SSSR count). The number of halogens is 1. The van der Waals surface area contributed by atoms with Crippen LogP contribution in [0.2, 0.25) is 0 Å². The Bertz CT molecular complexity index is 1060. The van der Waals surface area contributed by atoms with Crippen LogP contribution >= 0.6 is 12.4 Å². The van der Waals surface area contributed by atoms with Crippen molar-refractivity contribution in [1.29, 1.82) is 0 Å². The number of anilines is 5. The van der Waals surface area contributed by atoms with E-state index in [1.54, 1.807) is 19.1 Å². The number of aromatic nitrogens is 3. The fraction of sp³-hybridized carbons (Fsp3) is 0.273. The number of nitrogens with one attached hydrogen (secondary N) is 2. The number of Topliss-reactive ketones (excluding diaryl/α,β-unsaturated/α-hetero) is 1. The van der Waals surface area contributed by atoms with Crippen molar-refractivity contribution < 1.29 is 9.53 Å². The van der Waals surface area contributed by atoms with Crippen LogP contribution in [0.5, 0.6) is 0 Å². The second-order valence-corrected chi connectivity index (χ2v) is 7.14. The Hall–Kier alpha value is -3.23. The number of ether oxygens (including phenoxy) is 1. The van der Waals surface area contributed by atoms with Gasteiger partial charge in [-0.05, 0) is 43.7 Å². The van der Waals surface area contributed by atoms with E-state index >= 15 is 0 Å². The number of carbonyl (C=O) groups is 1. The lowest BCUT2D eigenvalue weighted by molar-refractivity contribution is 0.101. The van der Waals surface area contributed by atoms with Crippen LogP contribution in [-0.4, -0.2) is 47.0 Å². The fourth-order valence-corrected chi connectivity index (χ4v) is 3.18. The summed E-state index contributed by atoms with van der Waals surface area (Å²) in [4.78, 5) is 27.5. The third-order valence-corrected chi connectivity index (χ3v) is 4.72. The average molecular weight is 441 g/mol. The highest BCUT2D eigenvalue weighted by atomic mass is 35.5. The lowest BCUT2D eigenvalue weighted by Gasteiger charge is -2.27. The van der Waals surface area contributed by atoms with Crippen LogP contribution in [0.25, 0.3) is 0 Å². The van der Waals surface area contributed by atoms with Crippen LogP contribution in [0.1, 0.15) is 22.8 Å². The summed E-state index contributed by atoms with van der Waals surface area (Å²) in [5.74, 6) is 1.43. The molecule has 0 unspecified atom stereocenters. The Balaban J connectivity index is 0.00000272. The molecule has 0 bridgehead atoms. The van der Waals surface area contributed by atoms with E-state index in [1.807, 2.05) is 43.3 Å². The number of rotatable bonds is 6. The van der Waals surface area contributed by atoms with Gasteiger partial charge in [0.05, 0.1) is 13.2 Å². The Morgan fingerprint density at radius 2 is 1.55 bits per heavy atom. The normalized spacial score (nSPS) is 13.3. The highest BCUT2D eigenvalue weighted by molar-refractivity contribution is 5.95. The molecule has 1 aromatic heterocycles. The molecule has 0 spiro atoms. The van der Waals surface area contributed by atoms with Gasteiger partial charge in [-0.3, -0.25) is 4.79 Å². The number of hydrogen-bond acceptors (Lipinski definition) is 8. The Kier molecular flexibility index (Phi) is 7.38. The zero-order valence-corrected chi connectivity index (χ0v) is 18.3. The van der Waals surface area contributed by atoms with Crippen molar-refractivity contribution in [3.63, 3.8) is 0 Å². The number of hydrogen-bond donors (Lipinski definition) is 2. The molecule has 8 nitrogen and oxygen atoms in total. The van der Waals surface area contributed by atoms with E-state index in [9.17, 15) is 4.79 Å². The number of aryl methyl sites for hydroxylation is 1. The first-order chi connectivity index (χ1) is 14.6. The summed E-state index contributed by atoms with van der Waals surface area (Å²) in [6, 6.07) is 15.3. The third-order valence-electron chi connectivity index (χ3n) is 4.72. The zero-order chi connectivity index (χ0) is 20.9. The Morgan fingerprint density at radius 1 is 0.935 bits per heavy atom. The van der Waals surface area contributed by atoms with Gasteiger partial charge in [0.15, 0.2) is 5.78 Å². The smallest absolute Gasteiger partial charge is 0.233 e. The maximum atomic E-state index is 11.7. The van der Waals surface area contributed by atoms with Gasteiger partial charge in [-0.1, -0.05) is 24.3 Å². The molecular weight excluding hydrogens is 416 g/mol. The van der Waals surface area contributed by atoms with Gasteiger partial charge in [0.2, 0.25) is 17.8 Å². The second-order valence-electron chi connectivity index (χ2n) is 7.14. The van der Waals surface area contributed by atoms with Crippen LogP contribution in [0.3, 0.4) is 0 Å². The SMILES string of the molecule is CC(=O)c1cccc(Nc2nc(Nc3cccc(C)c3)nc(N3CCOCC3)n2)c1.Cl. The maximum absolute atomic E-state index is 11.7. The Morgan fingerprint density at radius 3 is 2.16 bits per heavy atom.